The number of benzene rings is 1. The first-order chi connectivity index (χ1) is 7.13. The highest BCUT2D eigenvalue weighted by Crippen LogP contribution is 2.19. The SMILES string of the molecule is CCNCc1ccc(OC(C)C)c(F)c1. The first kappa shape index (κ1) is 12.0. The van der Waals surface area contributed by atoms with Gasteiger partial charge in [0.1, 0.15) is 0 Å². The second-order valence-electron chi connectivity index (χ2n) is 3.71. The van der Waals surface area contributed by atoms with Crippen molar-refractivity contribution in [2.24, 2.45) is 0 Å². The highest BCUT2D eigenvalue weighted by Gasteiger charge is 2.05. The molecule has 0 heterocycles. The molecule has 1 aromatic carbocycles. The summed E-state index contributed by atoms with van der Waals surface area (Å²) >= 11 is 0. The lowest BCUT2D eigenvalue weighted by atomic mass is 10.2. The molecule has 0 radical (unpaired) electrons. The van der Waals surface area contributed by atoms with E-state index in [9.17, 15) is 4.39 Å². The smallest absolute Gasteiger partial charge is 0.165 e. The molecule has 0 saturated carbocycles. The Bertz CT molecular complexity index is 312. The number of halogens is 1. The minimum atomic E-state index is -0.292. The van der Waals surface area contributed by atoms with Gasteiger partial charge in [-0.2, -0.15) is 0 Å². The minimum Gasteiger partial charge on any atom is -0.488 e. The van der Waals surface area contributed by atoms with Crippen molar-refractivity contribution in [1.29, 1.82) is 0 Å². The Balaban J connectivity index is 2.70. The Hall–Kier alpha value is -1.09. The Morgan fingerprint density at radius 2 is 2.13 bits per heavy atom. The van der Waals surface area contributed by atoms with Gasteiger partial charge in [0, 0.05) is 6.54 Å². The monoisotopic (exact) mass is 211 g/mol. The summed E-state index contributed by atoms with van der Waals surface area (Å²) in [5, 5.41) is 3.14. The molecule has 1 aromatic rings. The zero-order valence-electron chi connectivity index (χ0n) is 9.51. The molecule has 0 amide bonds. The molecular weight excluding hydrogens is 193 g/mol. The van der Waals surface area contributed by atoms with Crippen LogP contribution < -0.4 is 10.1 Å². The lowest BCUT2D eigenvalue weighted by Crippen LogP contribution is -2.12. The fraction of sp³-hybridized carbons (Fsp3) is 0.500. The maximum absolute atomic E-state index is 13.5. The molecule has 0 aromatic heterocycles. The lowest BCUT2D eigenvalue weighted by molar-refractivity contribution is 0.231. The summed E-state index contributed by atoms with van der Waals surface area (Å²) in [6.45, 7) is 7.35. The summed E-state index contributed by atoms with van der Waals surface area (Å²) in [6, 6.07) is 5.08. The van der Waals surface area contributed by atoms with E-state index in [-0.39, 0.29) is 11.9 Å². The molecule has 0 saturated heterocycles. The molecule has 0 aliphatic heterocycles. The normalized spacial score (nSPS) is 10.7. The van der Waals surface area contributed by atoms with Crippen molar-refractivity contribution in [3.05, 3.63) is 29.6 Å². The zero-order chi connectivity index (χ0) is 11.3. The van der Waals surface area contributed by atoms with Gasteiger partial charge in [-0.05, 0) is 38.1 Å². The molecule has 2 nitrogen and oxygen atoms in total. The van der Waals surface area contributed by atoms with Gasteiger partial charge in [0.2, 0.25) is 0 Å². The van der Waals surface area contributed by atoms with Crippen LogP contribution in [-0.2, 0) is 6.54 Å². The number of ether oxygens (including phenoxy) is 1. The van der Waals surface area contributed by atoms with Gasteiger partial charge in [-0.1, -0.05) is 13.0 Å². The van der Waals surface area contributed by atoms with Crippen molar-refractivity contribution in [2.75, 3.05) is 6.54 Å². The van der Waals surface area contributed by atoms with Crippen LogP contribution in [0.5, 0.6) is 5.75 Å². The molecule has 15 heavy (non-hydrogen) atoms. The van der Waals surface area contributed by atoms with E-state index in [0.717, 1.165) is 12.1 Å². The van der Waals surface area contributed by atoms with E-state index in [4.69, 9.17) is 4.74 Å². The quantitative estimate of drug-likeness (QED) is 0.808. The van der Waals surface area contributed by atoms with Gasteiger partial charge in [-0.15, -0.1) is 0 Å². The second kappa shape index (κ2) is 5.71. The van der Waals surface area contributed by atoms with E-state index in [1.54, 1.807) is 6.07 Å². The third kappa shape index (κ3) is 3.88. The summed E-state index contributed by atoms with van der Waals surface area (Å²) in [6.07, 6.45) is -0.000818. The van der Waals surface area contributed by atoms with E-state index in [1.165, 1.54) is 6.07 Å². The molecule has 84 valence electrons. The topological polar surface area (TPSA) is 21.3 Å². The van der Waals surface area contributed by atoms with Gasteiger partial charge < -0.3 is 10.1 Å². The van der Waals surface area contributed by atoms with Crippen molar-refractivity contribution in [2.45, 2.75) is 33.4 Å². The summed E-state index contributed by atoms with van der Waals surface area (Å²) < 4.78 is 18.8. The van der Waals surface area contributed by atoms with Crippen molar-refractivity contribution >= 4 is 0 Å². The Morgan fingerprint density at radius 3 is 2.67 bits per heavy atom. The van der Waals surface area contributed by atoms with E-state index in [1.807, 2.05) is 26.8 Å². The summed E-state index contributed by atoms with van der Waals surface area (Å²) in [5.74, 6) is 0.0318. The minimum absolute atomic E-state index is 0.000818. The van der Waals surface area contributed by atoms with Crippen LogP contribution >= 0.6 is 0 Å². The second-order valence-corrected chi connectivity index (χ2v) is 3.71. The van der Waals surface area contributed by atoms with Crippen LogP contribution in [-0.4, -0.2) is 12.6 Å². The Kier molecular flexibility index (Phi) is 4.56. The Morgan fingerprint density at radius 1 is 1.40 bits per heavy atom. The van der Waals surface area contributed by atoms with Gasteiger partial charge in [-0.25, -0.2) is 4.39 Å². The summed E-state index contributed by atoms with van der Waals surface area (Å²) in [4.78, 5) is 0. The van der Waals surface area contributed by atoms with E-state index >= 15 is 0 Å². The van der Waals surface area contributed by atoms with Crippen molar-refractivity contribution < 1.29 is 9.13 Å². The molecule has 1 N–H and O–H groups in total. The van der Waals surface area contributed by atoms with E-state index in [2.05, 4.69) is 5.32 Å². The molecule has 0 spiro atoms. The molecule has 1 rings (SSSR count). The largest absolute Gasteiger partial charge is 0.488 e. The molecular formula is C12H18FNO. The third-order valence-corrected chi connectivity index (χ3v) is 1.94. The first-order valence-corrected chi connectivity index (χ1v) is 5.29. The molecule has 0 bridgehead atoms. The van der Waals surface area contributed by atoms with Crippen LogP contribution in [0.3, 0.4) is 0 Å². The lowest BCUT2D eigenvalue weighted by Gasteiger charge is -2.11. The number of nitrogens with one attached hydrogen (secondary N) is 1. The fourth-order valence-electron chi connectivity index (χ4n) is 1.27. The maximum Gasteiger partial charge on any atom is 0.165 e. The van der Waals surface area contributed by atoms with E-state index < -0.39 is 0 Å². The van der Waals surface area contributed by atoms with Gasteiger partial charge in [0.25, 0.3) is 0 Å². The predicted octanol–water partition coefficient (Wildman–Crippen LogP) is 2.72. The van der Waals surface area contributed by atoms with E-state index in [0.29, 0.717) is 12.3 Å². The third-order valence-electron chi connectivity index (χ3n) is 1.94. The van der Waals surface area contributed by atoms with Crippen LogP contribution in [0.15, 0.2) is 18.2 Å². The van der Waals surface area contributed by atoms with Gasteiger partial charge in [0.05, 0.1) is 6.10 Å². The van der Waals surface area contributed by atoms with Crippen LogP contribution in [0.2, 0.25) is 0 Å². The van der Waals surface area contributed by atoms with Gasteiger partial charge in [0.15, 0.2) is 11.6 Å². The average molecular weight is 211 g/mol. The van der Waals surface area contributed by atoms with Crippen LogP contribution in [0.1, 0.15) is 26.3 Å². The van der Waals surface area contributed by atoms with Crippen molar-refractivity contribution in [1.82, 2.24) is 5.32 Å². The zero-order valence-corrected chi connectivity index (χ0v) is 9.51. The molecule has 0 atom stereocenters. The standard InChI is InChI=1S/C12H18FNO/c1-4-14-8-10-5-6-12(11(13)7-10)15-9(2)3/h5-7,9,14H,4,8H2,1-3H3. The molecule has 3 heteroatoms. The van der Waals surface area contributed by atoms with Crippen LogP contribution in [0.4, 0.5) is 4.39 Å². The fourth-order valence-corrected chi connectivity index (χ4v) is 1.27. The molecule has 0 aliphatic rings. The molecule has 0 aliphatic carbocycles. The van der Waals surface area contributed by atoms with Crippen molar-refractivity contribution in [3.63, 3.8) is 0 Å². The molecule has 0 fully saturated rings. The van der Waals surface area contributed by atoms with Crippen LogP contribution in [0.25, 0.3) is 0 Å². The summed E-state index contributed by atoms with van der Waals surface area (Å²) in [5.41, 5.74) is 0.936. The predicted molar refractivity (Wildman–Crippen MR) is 59.5 cm³/mol. The summed E-state index contributed by atoms with van der Waals surface area (Å²) in [7, 11) is 0. The van der Waals surface area contributed by atoms with Gasteiger partial charge in [-0.3, -0.25) is 0 Å². The van der Waals surface area contributed by atoms with Gasteiger partial charge >= 0.3 is 0 Å². The maximum atomic E-state index is 13.5. The number of hydrogen-bond donors (Lipinski definition) is 1. The first-order valence-electron chi connectivity index (χ1n) is 5.29. The Labute approximate surface area is 90.4 Å². The van der Waals surface area contributed by atoms with Crippen molar-refractivity contribution in [3.8, 4) is 5.75 Å². The highest BCUT2D eigenvalue weighted by atomic mass is 19.1. The molecule has 0 unspecified atom stereocenters. The van der Waals surface area contributed by atoms with Crippen LogP contribution in [0, 0.1) is 5.82 Å². The number of rotatable bonds is 5. The average Bonchev–Trinajstić information content (AvgIpc) is 2.18. The number of hydrogen-bond acceptors (Lipinski definition) is 2. The highest BCUT2D eigenvalue weighted by molar-refractivity contribution is 5.29.